The highest BCUT2D eigenvalue weighted by molar-refractivity contribution is 6.24. The van der Waals surface area contributed by atoms with E-state index in [-0.39, 0.29) is 40.6 Å². The number of amides is 1. The number of phenolic OH excluding ortho intramolecular Hbond substituents is 1. The number of nitrogens with two attached hydrogens (primary N) is 1. The molecule has 0 spiro atoms. The van der Waals surface area contributed by atoms with Crippen LogP contribution in [0.3, 0.4) is 0 Å². The number of anilines is 1. The molecule has 41 heavy (non-hydrogen) atoms. The minimum absolute atomic E-state index is 0.0318. The van der Waals surface area contributed by atoms with Crippen molar-refractivity contribution in [2.24, 2.45) is 17.6 Å². The van der Waals surface area contributed by atoms with E-state index in [0.29, 0.717) is 16.7 Å². The van der Waals surface area contributed by atoms with E-state index in [9.17, 15) is 34.8 Å². The van der Waals surface area contributed by atoms with Crippen LogP contribution in [0.15, 0.2) is 59.1 Å². The first-order valence-corrected chi connectivity index (χ1v) is 12.6. The third-order valence-electron chi connectivity index (χ3n) is 8.05. The van der Waals surface area contributed by atoms with Gasteiger partial charge in [0.1, 0.15) is 22.8 Å². The number of aliphatic hydroxyl groups excluding tert-OH is 2. The molecular formula is C29H27N3O9. The fourth-order valence-corrected chi connectivity index (χ4v) is 6.19. The van der Waals surface area contributed by atoms with Crippen LogP contribution in [0.5, 0.6) is 5.75 Å². The molecule has 0 aliphatic heterocycles. The van der Waals surface area contributed by atoms with Crippen LogP contribution in [0.25, 0.3) is 0 Å². The zero-order valence-corrected chi connectivity index (χ0v) is 22.0. The van der Waals surface area contributed by atoms with Gasteiger partial charge in [0.15, 0.2) is 11.4 Å². The number of nitrogens with zero attached hydrogens (tertiary/aromatic N) is 2. The maximum Gasteiger partial charge on any atom is 0.255 e. The van der Waals surface area contributed by atoms with Crippen LogP contribution in [0, 0.1) is 23.7 Å². The quantitative estimate of drug-likeness (QED) is 0.161. The number of likely N-dealkylation sites (N-methyl/N-ethyl adjacent to an activating group) is 1. The molecule has 0 saturated heterocycles. The lowest BCUT2D eigenvalue weighted by molar-refractivity contribution is -0.148. The van der Waals surface area contributed by atoms with Crippen molar-refractivity contribution in [1.82, 2.24) is 4.90 Å². The number of carbonyl (C=O) groups excluding carboxylic acids is 3. The lowest BCUT2D eigenvalue weighted by Gasteiger charge is -2.50. The molecule has 0 fully saturated rings. The Kier molecular flexibility index (Phi) is 6.63. The van der Waals surface area contributed by atoms with Gasteiger partial charge >= 0.3 is 0 Å². The highest BCUT2D eigenvalue weighted by Crippen LogP contribution is 2.52. The van der Waals surface area contributed by atoms with E-state index in [4.69, 9.17) is 16.1 Å². The number of ketones is 2. The molecule has 5 rings (SSSR count). The van der Waals surface area contributed by atoms with Crippen LogP contribution < -0.4 is 11.0 Å². The summed E-state index contributed by atoms with van der Waals surface area (Å²) in [6.07, 6.45) is 0.0739. The Labute approximate surface area is 233 Å². The predicted octanol–water partition coefficient (Wildman–Crippen LogP) is 1.11. The van der Waals surface area contributed by atoms with E-state index < -0.39 is 58.0 Å². The Morgan fingerprint density at radius 2 is 1.68 bits per heavy atom. The minimum atomic E-state index is -2.71. The number of primary amides is 1. The summed E-state index contributed by atoms with van der Waals surface area (Å²) in [4.78, 5) is 40.7. The molecule has 0 unspecified atom stereocenters. The SMILES string of the molecule is CN(C)[C@@H]1C(O)=C(C(N)=O)C(=O)[C@@]2(O)C(O)=C3C(=O)c4c(O)ccc(C#Cc5ccc(N(O)O)cc5)c4C[C@H]3C[C@@H]12. The Balaban J connectivity index is 1.63. The summed E-state index contributed by atoms with van der Waals surface area (Å²) in [5.41, 5.74) is 2.87. The summed E-state index contributed by atoms with van der Waals surface area (Å²) in [6.45, 7) is 0. The summed E-state index contributed by atoms with van der Waals surface area (Å²) in [5.74, 6) is -1.28. The van der Waals surface area contributed by atoms with Crippen LogP contribution in [0.1, 0.15) is 33.5 Å². The van der Waals surface area contributed by atoms with Gasteiger partial charge in [-0.15, -0.1) is 5.23 Å². The van der Waals surface area contributed by atoms with E-state index in [1.807, 2.05) is 0 Å². The van der Waals surface area contributed by atoms with Crippen molar-refractivity contribution in [3.8, 4) is 17.6 Å². The van der Waals surface area contributed by atoms with E-state index >= 15 is 0 Å². The van der Waals surface area contributed by atoms with Gasteiger partial charge in [0, 0.05) is 22.6 Å². The fraction of sp³-hybridized carbons (Fsp3) is 0.276. The fourth-order valence-electron chi connectivity index (χ4n) is 6.19. The van der Waals surface area contributed by atoms with Crippen LogP contribution in [0.4, 0.5) is 5.69 Å². The Morgan fingerprint density at radius 3 is 2.27 bits per heavy atom. The van der Waals surface area contributed by atoms with Crippen molar-refractivity contribution < 1.29 is 45.2 Å². The second-order valence-electron chi connectivity index (χ2n) is 10.5. The smallest absolute Gasteiger partial charge is 0.255 e. The molecule has 0 heterocycles. The van der Waals surface area contributed by atoms with Crippen molar-refractivity contribution >= 4 is 23.2 Å². The molecule has 12 nitrogen and oxygen atoms in total. The molecule has 3 aliphatic carbocycles. The van der Waals surface area contributed by atoms with E-state index in [0.717, 1.165) is 0 Å². The van der Waals surface area contributed by atoms with Crippen LogP contribution in [-0.4, -0.2) is 79.0 Å². The van der Waals surface area contributed by atoms with E-state index in [1.54, 1.807) is 32.3 Å². The molecule has 4 atom stereocenters. The first kappa shape index (κ1) is 27.9. The van der Waals surface area contributed by atoms with Crippen LogP contribution >= 0.6 is 0 Å². The summed E-state index contributed by atoms with van der Waals surface area (Å²) in [6, 6.07) is 7.72. The molecule has 1 amide bonds. The summed E-state index contributed by atoms with van der Waals surface area (Å²) < 4.78 is 0. The molecule has 3 aliphatic rings. The normalized spacial score (nSPS) is 25.3. The maximum absolute atomic E-state index is 13.8. The third kappa shape index (κ3) is 4.14. The van der Waals surface area contributed by atoms with E-state index in [2.05, 4.69) is 11.8 Å². The first-order chi connectivity index (χ1) is 19.3. The van der Waals surface area contributed by atoms with Crippen LogP contribution in [0.2, 0.25) is 0 Å². The zero-order chi connectivity index (χ0) is 30.0. The molecule has 8 N–H and O–H groups in total. The summed E-state index contributed by atoms with van der Waals surface area (Å²) >= 11 is 0. The molecule has 12 heteroatoms. The molecular weight excluding hydrogens is 534 g/mol. The van der Waals surface area contributed by atoms with Gasteiger partial charge in [-0.25, -0.2) is 0 Å². The number of hydrogen-bond acceptors (Lipinski definition) is 11. The van der Waals surface area contributed by atoms with Gasteiger partial charge in [-0.2, -0.15) is 0 Å². The lowest BCUT2D eigenvalue weighted by Crippen LogP contribution is -2.63. The lowest BCUT2D eigenvalue weighted by atomic mass is 9.58. The van der Waals surface area contributed by atoms with Gasteiger partial charge in [0.05, 0.1) is 17.3 Å². The number of aliphatic hydroxyl groups is 3. The van der Waals surface area contributed by atoms with Gasteiger partial charge in [0.2, 0.25) is 5.78 Å². The number of hydrogen-bond donors (Lipinski definition) is 7. The van der Waals surface area contributed by atoms with Gasteiger partial charge in [-0.3, -0.25) is 29.7 Å². The number of carbonyl (C=O) groups is 3. The van der Waals surface area contributed by atoms with Crippen molar-refractivity contribution in [3.05, 3.63) is 81.3 Å². The summed E-state index contributed by atoms with van der Waals surface area (Å²) in [7, 11) is 3.12. The standard InChI is InChI=1S/C29H27N3O9/c1-31(2)23-18-12-15-11-17-14(6-3-13-4-8-16(9-5-13)32(40)41)7-10-19(33)21(17)24(34)20(15)26(36)29(18,39)27(37)22(25(23)35)28(30)38/h4-5,7-10,15,18,23,33,35-36,39-41H,11-12H2,1-2H3,(H2,30,38)/t15-,18-,23-,29-/m0/s1. The minimum Gasteiger partial charge on any atom is -0.510 e. The van der Waals surface area contributed by atoms with Gasteiger partial charge in [-0.1, -0.05) is 11.8 Å². The predicted molar refractivity (Wildman–Crippen MR) is 142 cm³/mol. The molecule has 0 aromatic heterocycles. The average Bonchev–Trinajstić information content (AvgIpc) is 2.90. The Hall–Kier alpha value is -4.67. The monoisotopic (exact) mass is 561 g/mol. The third-order valence-corrected chi connectivity index (χ3v) is 8.05. The van der Waals surface area contributed by atoms with Crippen molar-refractivity contribution in [2.75, 3.05) is 19.3 Å². The topological polar surface area (TPSA) is 205 Å². The van der Waals surface area contributed by atoms with Crippen molar-refractivity contribution in [1.29, 1.82) is 0 Å². The number of rotatable bonds is 3. The first-order valence-electron chi connectivity index (χ1n) is 12.6. The zero-order valence-electron chi connectivity index (χ0n) is 22.0. The molecule has 0 saturated carbocycles. The van der Waals surface area contributed by atoms with Gasteiger partial charge in [-0.05, 0) is 74.8 Å². The molecule has 212 valence electrons. The number of benzene rings is 2. The van der Waals surface area contributed by atoms with Crippen molar-refractivity contribution in [2.45, 2.75) is 24.5 Å². The average molecular weight is 562 g/mol. The molecule has 2 aromatic carbocycles. The number of fused-ring (bicyclic) bond motifs is 3. The number of phenols is 1. The number of aromatic hydroxyl groups is 1. The highest BCUT2D eigenvalue weighted by Gasteiger charge is 2.63. The number of Topliss-reactive ketones (excluding diaryl/α,β-unsaturated/α-hetero) is 2. The number of allylic oxidation sites excluding steroid dienone is 1. The van der Waals surface area contributed by atoms with Gasteiger partial charge in [0.25, 0.3) is 5.91 Å². The second kappa shape index (κ2) is 9.76. The van der Waals surface area contributed by atoms with Crippen LogP contribution in [-0.2, 0) is 16.0 Å². The summed E-state index contributed by atoms with van der Waals surface area (Å²) in [5, 5.41) is 62.7. The maximum atomic E-state index is 13.8. The Bertz CT molecular complexity index is 1630. The van der Waals surface area contributed by atoms with E-state index in [1.165, 1.54) is 23.1 Å². The molecule has 0 radical (unpaired) electrons. The highest BCUT2D eigenvalue weighted by atomic mass is 16.8. The molecule has 0 bridgehead atoms. The van der Waals surface area contributed by atoms with Gasteiger partial charge < -0.3 is 26.2 Å². The largest absolute Gasteiger partial charge is 0.510 e. The Morgan fingerprint density at radius 1 is 1.02 bits per heavy atom. The molecule has 2 aromatic rings. The second-order valence-corrected chi connectivity index (χ2v) is 10.5. The van der Waals surface area contributed by atoms with Crippen molar-refractivity contribution in [3.63, 3.8) is 0 Å².